The van der Waals surface area contributed by atoms with Crippen LogP contribution in [0.4, 0.5) is 0 Å². The molecule has 2 heteroatoms. The number of para-hydroxylation sites is 1. The van der Waals surface area contributed by atoms with E-state index in [0.29, 0.717) is 6.04 Å². The molecule has 1 saturated heterocycles. The summed E-state index contributed by atoms with van der Waals surface area (Å²) in [5.41, 5.74) is 3.39. The molecule has 0 aliphatic carbocycles. The Hall–Kier alpha value is -1.96. The number of nitrogens with one attached hydrogen (secondary N) is 1. The summed E-state index contributed by atoms with van der Waals surface area (Å²) in [7, 11) is 0. The van der Waals surface area contributed by atoms with Crippen LogP contribution in [-0.2, 0) is 0 Å². The molecule has 1 fully saturated rings. The largest absolute Gasteiger partial charge is 0.362 e. The van der Waals surface area contributed by atoms with Crippen LogP contribution in [0.25, 0.3) is 10.9 Å². The minimum Gasteiger partial charge on any atom is -0.362 e. The van der Waals surface area contributed by atoms with Gasteiger partial charge in [0.15, 0.2) is 0 Å². The van der Waals surface area contributed by atoms with Gasteiger partial charge in [-0.2, -0.15) is 0 Å². The predicted octanol–water partition coefficient (Wildman–Crippen LogP) is 3.59. The van der Waals surface area contributed by atoms with Crippen molar-refractivity contribution in [3.63, 3.8) is 0 Å². The Morgan fingerprint density at radius 3 is 2.82 bits per heavy atom. The Labute approximate surface area is 101 Å². The number of benzene rings is 1. The molecule has 3 rings (SSSR count). The molecule has 17 heavy (non-hydrogen) atoms. The van der Waals surface area contributed by atoms with Crippen LogP contribution in [-0.4, -0.2) is 4.57 Å². The Kier molecular flexibility index (Phi) is 2.29. The monoisotopic (exact) mass is 224 g/mol. The van der Waals surface area contributed by atoms with Crippen molar-refractivity contribution in [3.05, 3.63) is 61.1 Å². The summed E-state index contributed by atoms with van der Waals surface area (Å²) >= 11 is 0. The first-order chi connectivity index (χ1) is 8.25. The van der Waals surface area contributed by atoms with Gasteiger partial charge in [0.25, 0.3) is 0 Å². The molecular weight excluding hydrogens is 208 g/mol. The molecule has 1 aliphatic heterocycles. The van der Waals surface area contributed by atoms with Crippen LogP contribution in [0, 0.1) is 0 Å². The molecule has 0 spiro atoms. The fourth-order valence-corrected chi connectivity index (χ4v) is 2.54. The zero-order valence-corrected chi connectivity index (χ0v) is 9.82. The van der Waals surface area contributed by atoms with E-state index >= 15 is 0 Å². The number of hydrogen-bond donors (Lipinski definition) is 1. The Morgan fingerprint density at radius 1 is 1.18 bits per heavy atom. The van der Waals surface area contributed by atoms with E-state index in [-0.39, 0.29) is 0 Å². The molecule has 86 valence electrons. The highest BCUT2D eigenvalue weighted by Gasteiger charge is 2.21. The molecule has 2 nitrogen and oxygen atoms in total. The molecule has 2 aromatic rings. The quantitative estimate of drug-likeness (QED) is 0.783. The van der Waals surface area contributed by atoms with E-state index in [1.807, 2.05) is 0 Å². The first kappa shape index (κ1) is 10.2. The van der Waals surface area contributed by atoms with Crippen LogP contribution >= 0.6 is 0 Å². The highest BCUT2D eigenvalue weighted by molar-refractivity contribution is 5.80. The fraction of sp³-hybridized carbons (Fsp3) is 0.200. The normalized spacial score (nSPS) is 20.6. The lowest BCUT2D eigenvalue weighted by molar-refractivity contribution is 0.480. The van der Waals surface area contributed by atoms with Gasteiger partial charge in [0.2, 0.25) is 0 Å². The van der Waals surface area contributed by atoms with Gasteiger partial charge in [-0.3, -0.25) is 0 Å². The van der Waals surface area contributed by atoms with Crippen LogP contribution in [0.15, 0.2) is 61.1 Å². The van der Waals surface area contributed by atoms with Gasteiger partial charge in [-0.25, -0.2) is 0 Å². The van der Waals surface area contributed by atoms with Gasteiger partial charge >= 0.3 is 0 Å². The molecule has 0 saturated carbocycles. The SMILES string of the molecule is C=C1CCC(n2ccc3ccccc32)C(=C)N1. The maximum Gasteiger partial charge on any atom is 0.0732 e. The fourth-order valence-electron chi connectivity index (χ4n) is 2.54. The van der Waals surface area contributed by atoms with Crippen molar-refractivity contribution in [2.24, 2.45) is 0 Å². The van der Waals surface area contributed by atoms with Crippen LogP contribution < -0.4 is 5.32 Å². The molecule has 0 radical (unpaired) electrons. The minimum absolute atomic E-state index is 0.334. The van der Waals surface area contributed by atoms with Crippen molar-refractivity contribution >= 4 is 10.9 Å². The Balaban J connectivity index is 2.04. The van der Waals surface area contributed by atoms with E-state index in [4.69, 9.17) is 0 Å². The number of rotatable bonds is 1. The first-order valence-corrected chi connectivity index (χ1v) is 5.95. The summed E-state index contributed by atoms with van der Waals surface area (Å²) in [5, 5.41) is 4.55. The average Bonchev–Trinajstić information content (AvgIpc) is 2.73. The highest BCUT2D eigenvalue weighted by atomic mass is 15.1. The second-order valence-corrected chi connectivity index (χ2v) is 4.59. The van der Waals surface area contributed by atoms with Crippen LogP contribution in [0.3, 0.4) is 0 Å². The first-order valence-electron chi connectivity index (χ1n) is 5.95. The predicted molar refractivity (Wildman–Crippen MR) is 71.6 cm³/mol. The van der Waals surface area contributed by atoms with Gasteiger partial charge in [0.1, 0.15) is 0 Å². The third-order valence-corrected chi connectivity index (χ3v) is 3.42. The van der Waals surface area contributed by atoms with E-state index in [1.165, 1.54) is 10.9 Å². The van der Waals surface area contributed by atoms with Crippen LogP contribution in [0.2, 0.25) is 0 Å². The molecular formula is C15H16N2. The maximum atomic E-state index is 4.12. The molecule has 1 aliphatic rings. The number of allylic oxidation sites excluding steroid dienone is 2. The lowest BCUT2D eigenvalue weighted by Gasteiger charge is -2.29. The number of hydrogen-bond acceptors (Lipinski definition) is 1. The van der Waals surface area contributed by atoms with Gasteiger partial charge in [0.05, 0.1) is 6.04 Å². The van der Waals surface area contributed by atoms with Gasteiger partial charge < -0.3 is 9.88 Å². The lowest BCUT2D eigenvalue weighted by atomic mass is 10.0. The molecule has 2 heterocycles. The van der Waals surface area contributed by atoms with Crippen LogP contribution in [0.1, 0.15) is 18.9 Å². The summed E-state index contributed by atoms with van der Waals surface area (Å²) in [6.07, 6.45) is 4.23. The summed E-state index contributed by atoms with van der Waals surface area (Å²) in [6, 6.07) is 10.9. The number of piperidine rings is 1. The Bertz CT molecular complexity index is 592. The second-order valence-electron chi connectivity index (χ2n) is 4.59. The summed E-state index contributed by atoms with van der Waals surface area (Å²) in [4.78, 5) is 0. The Morgan fingerprint density at radius 2 is 2.00 bits per heavy atom. The van der Waals surface area contributed by atoms with E-state index in [1.54, 1.807) is 0 Å². The zero-order valence-electron chi connectivity index (χ0n) is 9.82. The maximum absolute atomic E-state index is 4.12. The van der Waals surface area contributed by atoms with Crippen LogP contribution in [0.5, 0.6) is 0 Å². The number of fused-ring (bicyclic) bond motifs is 1. The molecule has 1 atom stereocenters. The van der Waals surface area contributed by atoms with Gasteiger partial charge in [-0.1, -0.05) is 31.4 Å². The smallest absolute Gasteiger partial charge is 0.0732 e. The molecule has 1 aromatic carbocycles. The summed E-state index contributed by atoms with van der Waals surface area (Å²) in [5.74, 6) is 0. The summed E-state index contributed by atoms with van der Waals surface area (Å²) in [6.45, 7) is 8.08. The number of aromatic nitrogens is 1. The van der Waals surface area contributed by atoms with Crippen molar-refractivity contribution in [2.45, 2.75) is 18.9 Å². The summed E-state index contributed by atoms with van der Waals surface area (Å²) < 4.78 is 2.30. The zero-order chi connectivity index (χ0) is 11.8. The van der Waals surface area contributed by atoms with E-state index in [9.17, 15) is 0 Å². The topological polar surface area (TPSA) is 17.0 Å². The third-order valence-electron chi connectivity index (χ3n) is 3.42. The van der Waals surface area contributed by atoms with E-state index in [0.717, 1.165) is 24.2 Å². The number of nitrogens with zero attached hydrogens (tertiary/aromatic N) is 1. The third kappa shape index (κ3) is 1.66. The minimum atomic E-state index is 0.334. The van der Waals surface area contributed by atoms with Crippen molar-refractivity contribution in [1.82, 2.24) is 9.88 Å². The average molecular weight is 224 g/mol. The molecule has 1 aromatic heterocycles. The van der Waals surface area contributed by atoms with Gasteiger partial charge in [-0.15, -0.1) is 0 Å². The molecule has 1 N–H and O–H groups in total. The molecule has 0 amide bonds. The molecule has 1 unspecified atom stereocenters. The lowest BCUT2D eigenvalue weighted by Crippen LogP contribution is -2.26. The standard InChI is InChI=1S/C15H16N2/c1-11-7-8-14(12(2)16-11)17-10-9-13-5-3-4-6-15(13)17/h3-6,9-10,14,16H,1-2,7-8H2. The molecule has 0 bridgehead atoms. The van der Waals surface area contributed by atoms with Crippen molar-refractivity contribution in [3.8, 4) is 0 Å². The van der Waals surface area contributed by atoms with Gasteiger partial charge in [0, 0.05) is 23.1 Å². The van der Waals surface area contributed by atoms with Gasteiger partial charge in [-0.05, 0) is 30.4 Å². The van der Waals surface area contributed by atoms with E-state index in [2.05, 4.69) is 59.6 Å². The highest BCUT2D eigenvalue weighted by Crippen LogP contribution is 2.31. The van der Waals surface area contributed by atoms with Crippen molar-refractivity contribution in [1.29, 1.82) is 0 Å². The van der Waals surface area contributed by atoms with Crippen molar-refractivity contribution < 1.29 is 0 Å². The second kappa shape index (κ2) is 3.81. The van der Waals surface area contributed by atoms with E-state index < -0.39 is 0 Å². The van der Waals surface area contributed by atoms with Crippen molar-refractivity contribution in [2.75, 3.05) is 0 Å².